The fraction of sp³-hybridized carbons (Fsp3) is 0.241. The van der Waals surface area contributed by atoms with Crippen molar-refractivity contribution in [3.05, 3.63) is 95.1 Å². The number of rotatable bonds is 4. The molecule has 0 amide bonds. The lowest BCUT2D eigenvalue weighted by atomic mass is 9.91. The van der Waals surface area contributed by atoms with Crippen LogP contribution >= 0.6 is 0 Å². The number of hydrogen-bond donors (Lipinski definition) is 0. The molecule has 4 aromatic carbocycles. The molecule has 1 atom stereocenters. The van der Waals surface area contributed by atoms with E-state index in [1.54, 1.807) is 0 Å². The summed E-state index contributed by atoms with van der Waals surface area (Å²) in [7, 11) is 0. The van der Waals surface area contributed by atoms with Crippen molar-refractivity contribution in [2.24, 2.45) is 0 Å². The van der Waals surface area contributed by atoms with Gasteiger partial charge in [0.1, 0.15) is 0 Å². The lowest BCUT2D eigenvalue weighted by Gasteiger charge is -2.15. The lowest BCUT2D eigenvalue weighted by Crippen LogP contribution is -2.03. The van der Waals surface area contributed by atoms with E-state index in [0.717, 1.165) is 12.8 Å². The summed E-state index contributed by atoms with van der Waals surface area (Å²) >= 11 is 0. The molecule has 0 bridgehead atoms. The maximum atomic E-state index is 2.51. The molecule has 0 spiro atoms. The van der Waals surface area contributed by atoms with Gasteiger partial charge in [0.25, 0.3) is 0 Å². The zero-order chi connectivity index (χ0) is 20.8. The van der Waals surface area contributed by atoms with Gasteiger partial charge in [-0.15, -0.1) is 0 Å². The van der Waals surface area contributed by atoms with Gasteiger partial charge in [0.2, 0.25) is 0 Å². The first-order valence-corrected chi connectivity index (χ1v) is 11.1. The van der Waals surface area contributed by atoms with Gasteiger partial charge in [0.15, 0.2) is 0 Å². The van der Waals surface area contributed by atoms with Crippen LogP contribution in [0, 0.1) is 13.8 Å². The van der Waals surface area contributed by atoms with E-state index in [-0.39, 0.29) is 0 Å². The molecule has 0 saturated heterocycles. The highest BCUT2D eigenvalue weighted by atomic mass is 15.0. The number of benzene rings is 4. The van der Waals surface area contributed by atoms with Gasteiger partial charge in [-0.25, -0.2) is 0 Å². The number of hydrogen-bond acceptors (Lipinski definition) is 0. The molecule has 5 aromatic rings. The second-order valence-electron chi connectivity index (χ2n) is 8.71. The standard InChI is InChI=1S/C29H29N/c1-5-21(4)30-28-13-9-8-12-25(28)27-18-22(14-15-29(27)30)17-26-20(3)16-19(2)23-10-6-7-11-24(23)26/h6-16,18,21H,5,17H2,1-4H3. The molecule has 0 N–H and O–H groups in total. The number of para-hydroxylation sites is 1. The fourth-order valence-electron chi connectivity index (χ4n) is 5.05. The van der Waals surface area contributed by atoms with Crippen LogP contribution in [0.2, 0.25) is 0 Å². The Balaban J connectivity index is 1.69. The summed E-state index contributed by atoms with van der Waals surface area (Å²) in [6.07, 6.45) is 2.09. The first-order valence-electron chi connectivity index (χ1n) is 11.1. The SMILES string of the molecule is CCC(C)n1c2ccccc2c2cc(Cc3c(C)cc(C)c4ccccc34)ccc21. The van der Waals surface area contributed by atoms with Crippen molar-refractivity contribution >= 4 is 32.6 Å². The average Bonchev–Trinajstić information content (AvgIpc) is 3.10. The topological polar surface area (TPSA) is 4.93 Å². The Morgan fingerprint density at radius 1 is 0.700 bits per heavy atom. The monoisotopic (exact) mass is 391 g/mol. The zero-order valence-electron chi connectivity index (χ0n) is 18.4. The molecule has 30 heavy (non-hydrogen) atoms. The summed E-state index contributed by atoms with van der Waals surface area (Å²) in [4.78, 5) is 0. The molecule has 0 saturated carbocycles. The molecule has 5 rings (SSSR count). The first-order chi connectivity index (χ1) is 14.6. The number of aromatic nitrogens is 1. The van der Waals surface area contributed by atoms with E-state index < -0.39 is 0 Å². The minimum atomic E-state index is 0.488. The van der Waals surface area contributed by atoms with E-state index in [1.165, 1.54) is 54.8 Å². The van der Waals surface area contributed by atoms with E-state index in [4.69, 9.17) is 0 Å². The molecule has 1 heterocycles. The Morgan fingerprint density at radius 3 is 2.13 bits per heavy atom. The third kappa shape index (κ3) is 2.92. The van der Waals surface area contributed by atoms with Gasteiger partial charge in [-0.2, -0.15) is 0 Å². The van der Waals surface area contributed by atoms with Gasteiger partial charge in [0.05, 0.1) is 0 Å². The highest BCUT2D eigenvalue weighted by molar-refractivity contribution is 6.08. The Labute approximate surface area is 179 Å². The van der Waals surface area contributed by atoms with Crippen molar-refractivity contribution in [3.8, 4) is 0 Å². The second kappa shape index (κ2) is 7.32. The molecule has 1 nitrogen and oxygen atoms in total. The molecule has 0 aliphatic rings. The smallest absolute Gasteiger partial charge is 0.0494 e. The largest absolute Gasteiger partial charge is 0.338 e. The van der Waals surface area contributed by atoms with Crippen LogP contribution in [0.5, 0.6) is 0 Å². The molecule has 0 aliphatic heterocycles. The second-order valence-corrected chi connectivity index (χ2v) is 8.71. The molecule has 0 aliphatic carbocycles. The normalized spacial score (nSPS) is 12.8. The van der Waals surface area contributed by atoms with E-state index >= 15 is 0 Å². The molecule has 0 fully saturated rings. The summed E-state index contributed by atoms with van der Waals surface area (Å²) in [5, 5.41) is 5.49. The van der Waals surface area contributed by atoms with Crippen molar-refractivity contribution in [1.82, 2.24) is 4.57 Å². The van der Waals surface area contributed by atoms with Gasteiger partial charge in [-0.1, -0.05) is 61.5 Å². The molecule has 1 unspecified atom stereocenters. The number of aryl methyl sites for hydroxylation is 2. The van der Waals surface area contributed by atoms with Crippen LogP contribution in [0.25, 0.3) is 32.6 Å². The predicted octanol–water partition coefficient (Wildman–Crippen LogP) is 8.13. The minimum Gasteiger partial charge on any atom is -0.338 e. The summed E-state index contributed by atoms with van der Waals surface area (Å²) in [5.41, 5.74) is 8.26. The fourth-order valence-corrected chi connectivity index (χ4v) is 5.05. The van der Waals surface area contributed by atoms with Crippen LogP contribution in [-0.2, 0) is 6.42 Å². The van der Waals surface area contributed by atoms with Crippen LogP contribution < -0.4 is 0 Å². The van der Waals surface area contributed by atoms with Crippen molar-refractivity contribution in [3.63, 3.8) is 0 Å². The molecule has 1 heteroatoms. The van der Waals surface area contributed by atoms with Gasteiger partial charge in [-0.3, -0.25) is 0 Å². The third-order valence-corrected chi connectivity index (χ3v) is 6.77. The average molecular weight is 392 g/mol. The van der Waals surface area contributed by atoms with Crippen molar-refractivity contribution in [2.75, 3.05) is 0 Å². The van der Waals surface area contributed by atoms with Gasteiger partial charge >= 0.3 is 0 Å². The molecule has 0 radical (unpaired) electrons. The quantitative estimate of drug-likeness (QED) is 0.291. The van der Waals surface area contributed by atoms with Crippen LogP contribution in [0.3, 0.4) is 0 Å². The number of fused-ring (bicyclic) bond motifs is 4. The molecular weight excluding hydrogens is 362 g/mol. The highest BCUT2D eigenvalue weighted by Crippen LogP contribution is 2.34. The van der Waals surface area contributed by atoms with Crippen molar-refractivity contribution in [1.29, 1.82) is 0 Å². The van der Waals surface area contributed by atoms with Crippen molar-refractivity contribution < 1.29 is 0 Å². The van der Waals surface area contributed by atoms with Gasteiger partial charge < -0.3 is 4.57 Å². The Morgan fingerprint density at radius 2 is 1.37 bits per heavy atom. The summed E-state index contributed by atoms with van der Waals surface area (Å²) in [5.74, 6) is 0. The number of nitrogens with zero attached hydrogens (tertiary/aromatic N) is 1. The summed E-state index contributed by atoms with van der Waals surface area (Å²) in [6.45, 7) is 9.06. The predicted molar refractivity (Wildman–Crippen MR) is 131 cm³/mol. The summed E-state index contributed by atoms with van der Waals surface area (Å²) < 4.78 is 2.51. The summed E-state index contributed by atoms with van der Waals surface area (Å²) in [6, 6.07) is 27.6. The zero-order valence-corrected chi connectivity index (χ0v) is 18.4. The Bertz CT molecular complexity index is 1390. The van der Waals surface area contributed by atoms with Gasteiger partial charge in [0, 0.05) is 27.8 Å². The Hall–Kier alpha value is -3.06. The first kappa shape index (κ1) is 18.9. The van der Waals surface area contributed by atoms with Crippen LogP contribution in [0.1, 0.15) is 48.6 Å². The maximum absolute atomic E-state index is 2.51. The van der Waals surface area contributed by atoms with Gasteiger partial charge in [-0.05, 0) is 84.8 Å². The molecule has 1 aromatic heterocycles. The van der Waals surface area contributed by atoms with Crippen LogP contribution in [-0.4, -0.2) is 4.57 Å². The maximum Gasteiger partial charge on any atom is 0.0494 e. The molecule has 150 valence electrons. The molecular formula is C29H29N. The minimum absolute atomic E-state index is 0.488. The Kier molecular flexibility index (Phi) is 4.62. The van der Waals surface area contributed by atoms with Crippen LogP contribution in [0.15, 0.2) is 72.8 Å². The van der Waals surface area contributed by atoms with E-state index in [0.29, 0.717) is 6.04 Å². The van der Waals surface area contributed by atoms with E-state index in [1.807, 2.05) is 0 Å². The van der Waals surface area contributed by atoms with E-state index in [2.05, 4.69) is 105 Å². The third-order valence-electron chi connectivity index (χ3n) is 6.77. The lowest BCUT2D eigenvalue weighted by molar-refractivity contribution is 0.563. The van der Waals surface area contributed by atoms with E-state index in [9.17, 15) is 0 Å². The van der Waals surface area contributed by atoms with Crippen LogP contribution in [0.4, 0.5) is 0 Å². The highest BCUT2D eigenvalue weighted by Gasteiger charge is 2.15. The van der Waals surface area contributed by atoms with Crippen molar-refractivity contribution in [2.45, 2.75) is 46.6 Å².